The van der Waals surface area contributed by atoms with Gasteiger partial charge in [0.2, 0.25) is 0 Å². The van der Waals surface area contributed by atoms with E-state index < -0.39 is 0 Å². The van der Waals surface area contributed by atoms with E-state index in [-0.39, 0.29) is 0 Å². The van der Waals surface area contributed by atoms with Crippen molar-refractivity contribution < 1.29 is 0 Å². The lowest BCUT2D eigenvalue weighted by molar-refractivity contribution is 0.877. The first kappa shape index (κ1) is 16.8. The molecule has 27 heavy (non-hydrogen) atoms. The van der Waals surface area contributed by atoms with E-state index in [1.165, 1.54) is 6.33 Å². The van der Waals surface area contributed by atoms with Crippen LogP contribution in [-0.2, 0) is 13.0 Å². The quantitative estimate of drug-likeness (QED) is 0.570. The molecule has 0 amide bonds. The molecule has 1 aromatic carbocycles. The van der Waals surface area contributed by atoms with Gasteiger partial charge in [-0.3, -0.25) is 4.98 Å². The molecule has 134 valence electrons. The SMILES string of the molecule is CCc1cc(NCc2ccc(-n3cncn3)cc2)nc(-c2ccccn2)n1. The normalized spacial score (nSPS) is 10.7. The van der Waals surface area contributed by atoms with Crippen LogP contribution in [-0.4, -0.2) is 29.7 Å². The van der Waals surface area contributed by atoms with Crippen LogP contribution in [0.15, 0.2) is 67.4 Å². The Morgan fingerprint density at radius 2 is 1.93 bits per heavy atom. The number of nitrogens with one attached hydrogen (secondary N) is 1. The number of anilines is 1. The van der Waals surface area contributed by atoms with Crippen molar-refractivity contribution in [2.24, 2.45) is 0 Å². The van der Waals surface area contributed by atoms with Crippen molar-refractivity contribution in [1.82, 2.24) is 29.7 Å². The van der Waals surface area contributed by atoms with Crippen molar-refractivity contribution in [3.63, 3.8) is 0 Å². The molecule has 0 aliphatic carbocycles. The molecule has 0 aliphatic heterocycles. The van der Waals surface area contributed by atoms with Crippen molar-refractivity contribution in [2.75, 3.05) is 5.32 Å². The Labute approximate surface area is 157 Å². The van der Waals surface area contributed by atoms with Crippen LogP contribution in [0.1, 0.15) is 18.2 Å². The Hall–Kier alpha value is -3.61. The van der Waals surface area contributed by atoms with Gasteiger partial charge in [-0.2, -0.15) is 5.10 Å². The molecule has 0 radical (unpaired) electrons. The zero-order valence-corrected chi connectivity index (χ0v) is 14.9. The molecule has 7 nitrogen and oxygen atoms in total. The van der Waals surface area contributed by atoms with E-state index >= 15 is 0 Å². The van der Waals surface area contributed by atoms with E-state index in [2.05, 4.69) is 49.4 Å². The predicted octanol–water partition coefficient (Wildman–Crippen LogP) is 3.29. The van der Waals surface area contributed by atoms with Gasteiger partial charge in [0.15, 0.2) is 5.82 Å². The highest BCUT2D eigenvalue weighted by Gasteiger charge is 2.07. The molecule has 1 N–H and O–H groups in total. The number of aromatic nitrogens is 6. The lowest BCUT2D eigenvalue weighted by Gasteiger charge is -2.10. The maximum absolute atomic E-state index is 4.62. The summed E-state index contributed by atoms with van der Waals surface area (Å²) in [5, 5.41) is 7.52. The number of pyridine rings is 1. The molecular formula is C20H19N7. The van der Waals surface area contributed by atoms with Crippen molar-refractivity contribution in [3.05, 3.63) is 78.6 Å². The summed E-state index contributed by atoms with van der Waals surface area (Å²) in [4.78, 5) is 17.5. The first-order valence-corrected chi connectivity index (χ1v) is 8.79. The predicted molar refractivity (Wildman–Crippen MR) is 103 cm³/mol. The summed E-state index contributed by atoms with van der Waals surface area (Å²) in [6.07, 6.45) is 5.79. The summed E-state index contributed by atoms with van der Waals surface area (Å²) < 4.78 is 1.73. The van der Waals surface area contributed by atoms with Gasteiger partial charge < -0.3 is 5.32 Å². The van der Waals surface area contributed by atoms with Crippen LogP contribution >= 0.6 is 0 Å². The van der Waals surface area contributed by atoms with Gasteiger partial charge >= 0.3 is 0 Å². The van der Waals surface area contributed by atoms with E-state index in [1.807, 2.05) is 36.4 Å². The van der Waals surface area contributed by atoms with E-state index in [1.54, 1.807) is 17.2 Å². The van der Waals surface area contributed by atoms with Gasteiger partial charge in [-0.15, -0.1) is 0 Å². The van der Waals surface area contributed by atoms with E-state index in [4.69, 9.17) is 0 Å². The van der Waals surface area contributed by atoms with Gasteiger partial charge in [-0.25, -0.2) is 19.6 Å². The highest BCUT2D eigenvalue weighted by molar-refractivity contribution is 5.53. The van der Waals surface area contributed by atoms with E-state index in [0.29, 0.717) is 12.4 Å². The summed E-state index contributed by atoms with van der Waals surface area (Å²) in [5.41, 5.74) is 3.88. The molecule has 7 heteroatoms. The Bertz CT molecular complexity index is 996. The fourth-order valence-corrected chi connectivity index (χ4v) is 2.68. The molecule has 0 aliphatic rings. The molecule has 0 unspecified atom stereocenters. The number of nitrogens with zero attached hydrogens (tertiary/aromatic N) is 6. The third kappa shape index (κ3) is 3.98. The first-order valence-electron chi connectivity index (χ1n) is 8.79. The van der Waals surface area contributed by atoms with Gasteiger partial charge in [-0.05, 0) is 36.2 Å². The van der Waals surface area contributed by atoms with Gasteiger partial charge in [-0.1, -0.05) is 25.1 Å². The minimum Gasteiger partial charge on any atom is -0.366 e. The van der Waals surface area contributed by atoms with Crippen LogP contribution in [0, 0.1) is 0 Å². The van der Waals surface area contributed by atoms with E-state index in [9.17, 15) is 0 Å². The number of hydrogen-bond donors (Lipinski definition) is 1. The van der Waals surface area contributed by atoms with Crippen molar-refractivity contribution in [1.29, 1.82) is 0 Å². The van der Waals surface area contributed by atoms with Crippen LogP contribution in [0.4, 0.5) is 5.82 Å². The molecule has 0 saturated carbocycles. The lowest BCUT2D eigenvalue weighted by Crippen LogP contribution is -2.05. The zero-order valence-electron chi connectivity index (χ0n) is 14.9. The first-order chi connectivity index (χ1) is 13.3. The number of aryl methyl sites for hydroxylation is 1. The Morgan fingerprint density at radius 3 is 2.63 bits per heavy atom. The standard InChI is InChI=1S/C20H19N7/c1-2-16-11-19(26-20(25-16)18-5-3-4-10-22-18)23-12-15-6-8-17(9-7-15)27-14-21-13-24-27/h3-11,13-14H,2,12H2,1H3,(H,23,25,26). The summed E-state index contributed by atoms with van der Waals surface area (Å²) in [5.74, 6) is 1.43. The summed E-state index contributed by atoms with van der Waals surface area (Å²) >= 11 is 0. The van der Waals surface area contributed by atoms with Gasteiger partial charge in [0, 0.05) is 24.5 Å². The van der Waals surface area contributed by atoms with Crippen molar-refractivity contribution >= 4 is 5.82 Å². The fourth-order valence-electron chi connectivity index (χ4n) is 2.68. The second-order valence-corrected chi connectivity index (χ2v) is 6.00. The summed E-state index contributed by atoms with van der Waals surface area (Å²) in [7, 11) is 0. The van der Waals surface area contributed by atoms with Crippen molar-refractivity contribution in [2.45, 2.75) is 19.9 Å². The van der Waals surface area contributed by atoms with Crippen LogP contribution in [0.5, 0.6) is 0 Å². The molecule has 0 spiro atoms. The Kier molecular flexibility index (Phi) is 4.82. The number of hydrogen-bond acceptors (Lipinski definition) is 6. The van der Waals surface area contributed by atoms with Crippen LogP contribution in [0.3, 0.4) is 0 Å². The number of benzene rings is 1. The monoisotopic (exact) mass is 357 g/mol. The van der Waals surface area contributed by atoms with Crippen molar-refractivity contribution in [3.8, 4) is 17.2 Å². The van der Waals surface area contributed by atoms with Gasteiger partial charge in [0.05, 0.1) is 5.69 Å². The Balaban J connectivity index is 1.51. The third-order valence-electron chi connectivity index (χ3n) is 4.13. The maximum Gasteiger partial charge on any atom is 0.180 e. The number of rotatable bonds is 6. The summed E-state index contributed by atoms with van der Waals surface area (Å²) in [6.45, 7) is 2.75. The van der Waals surface area contributed by atoms with E-state index in [0.717, 1.165) is 34.9 Å². The second kappa shape index (κ2) is 7.74. The summed E-state index contributed by atoms with van der Waals surface area (Å²) in [6, 6.07) is 15.9. The third-order valence-corrected chi connectivity index (χ3v) is 4.13. The molecular weight excluding hydrogens is 338 g/mol. The fraction of sp³-hybridized carbons (Fsp3) is 0.150. The molecule has 0 bridgehead atoms. The largest absolute Gasteiger partial charge is 0.366 e. The average Bonchev–Trinajstić information content (AvgIpc) is 3.28. The lowest BCUT2D eigenvalue weighted by atomic mass is 10.2. The Morgan fingerprint density at radius 1 is 1.04 bits per heavy atom. The topological polar surface area (TPSA) is 81.4 Å². The molecule has 3 heterocycles. The molecule has 4 rings (SSSR count). The van der Waals surface area contributed by atoms with Gasteiger partial charge in [0.1, 0.15) is 24.2 Å². The minimum absolute atomic E-state index is 0.638. The molecule has 0 atom stereocenters. The molecule has 4 aromatic rings. The second-order valence-electron chi connectivity index (χ2n) is 6.00. The van der Waals surface area contributed by atoms with Gasteiger partial charge in [0.25, 0.3) is 0 Å². The molecule has 0 saturated heterocycles. The highest BCUT2D eigenvalue weighted by Crippen LogP contribution is 2.17. The van der Waals surface area contributed by atoms with Crippen LogP contribution in [0.25, 0.3) is 17.2 Å². The van der Waals surface area contributed by atoms with Crippen LogP contribution in [0.2, 0.25) is 0 Å². The maximum atomic E-state index is 4.62. The zero-order chi connectivity index (χ0) is 18.5. The average molecular weight is 357 g/mol. The smallest absolute Gasteiger partial charge is 0.180 e. The minimum atomic E-state index is 0.638. The molecule has 3 aromatic heterocycles. The molecule has 0 fully saturated rings. The van der Waals surface area contributed by atoms with Crippen LogP contribution < -0.4 is 5.32 Å². The highest BCUT2D eigenvalue weighted by atomic mass is 15.3.